The fraction of sp³-hybridized carbons (Fsp3) is 0.143. The van der Waals surface area contributed by atoms with Gasteiger partial charge in [0.2, 0.25) is 0 Å². The molecule has 1 heterocycles. The predicted octanol–water partition coefficient (Wildman–Crippen LogP) is 3.04. The second-order valence-electron chi connectivity index (χ2n) is 4.23. The van der Waals surface area contributed by atoms with Crippen molar-refractivity contribution in [3.8, 4) is 0 Å². The quantitative estimate of drug-likeness (QED) is 0.754. The second kappa shape index (κ2) is 4.00. The molecule has 0 aromatic heterocycles. The van der Waals surface area contributed by atoms with E-state index in [0.717, 1.165) is 17.1 Å². The standard InChI is InChI=1S/C14H13NOS/c1-11-7-8-14-12(9-11)10-15(17(14)16)13-5-3-2-4-6-13/h2-9H,10H2,1H3. The summed E-state index contributed by atoms with van der Waals surface area (Å²) in [4.78, 5) is 0.944. The van der Waals surface area contributed by atoms with Gasteiger partial charge in [-0.2, -0.15) is 0 Å². The summed E-state index contributed by atoms with van der Waals surface area (Å²) in [7, 11) is -1.06. The molecule has 0 spiro atoms. The van der Waals surface area contributed by atoms with Gasteiger partial charge in [-0.3, -0.25) is 4.31 Å². The van der Waals surface area contributed by atoms with E-state index >= 15 is 0 Å². The van der Waals surface area contributed by atoms with Gasteiger partial charge in [0.25, 0.3) is 0 Å². The zero-order valence-corrected chi connectivity index (χ0v) is 10.4. The number of hydrogen-bond acceptors (Lipinski definition) is 1. The minimum Gasteiger partial charge on any atom is -0.283 e. The van der Waals surface area contributed by atoms with Crippen molar-refractivity contribution in [1.82, 2.24) is 0 Å². The molecule has 1 aliphatic rings. The van der Waals surface area contributed by atoms with Crippen LogP contribution in [0.1, 0.15) is 11.1 Å². The van der Waals surface area contributed by atoms with Crippen LogP contribution in [0, 0.1) is 6.92 Å². The molecule has 0 aliphatic carbocycles. The Balaban J connectivity index is 2.02. The van der Waals surface area contributed by atoms with Crippen LogP contribution in [0.15, 0.2) is 53.4 Å². The molecule has 2 aromatic rings. The first kappa shape index (κ1) is 10.5. The van der Waals surface area contributed by atoms with Crippen LogP contribution in [-0.4, -0.2) is 4.21 Å². The molecular weight excluding hydrogens is 230 g/mol. The first-order valence-electron chi connectivity index (χ1n) is 5.60. The van der Waals surface area contributed by atoms with Gasteiger partial charge in [0.15, 0.2) is 11.0 Å². The van der Waals surface area contributed by atoms with E-state index in [4.69, 9.17) is 0 Å². The third-order valence-electron chi connectivity index (χ3n) is 2.96. The maximum atomic E-state index is 12.3. The summed E-state index contributed by atoms with van der Waals surface area (Å²) < 4.78 is 14.3. The Bertz CT molecular complexity index is 580. The summed E-state index contributed by atoms with van der Waals surface area (Å²) >= 11 is 0. The number of hydrogen-bond donors (Lipinski definition) is 0. The van der Waals surface area contributed by atoms with E-state index in [1.54, 1.807) is 0 Å². The van der Waals surface area contributed by atoms with E-state index in [0.29, 0.717) is 0 Å². The Labute approximate surface area is 103 Å². The van der Waals surface area contributed by atoms with Crippen LogP contribution in [0.5, 0.6) is 0 Å². The third kappa shape index (κ3) is 1.76. The zero-order chi connectivity index (χ0) is 11.8. The molecular formula is C14H13NOS. The fourth-order valence-electron chi connectivity index (χ4n) is 2.12. The van der Waals surface area contributed by atoms with Crippen LogP contribution in [0.25, 0.3) is 0 Å². The van der Waals surface area contributed by atoms with E-state index in [1.807, 2.05) is 46.8 Å². The molecule has 1 unspecified atom stereocenters. The monoisotopic (exact) mass is 243 g/mol. The van der Waals surface area contributed by atoms with Gasteiger partial charge in [0, 0.05) is 5.69 Å². The van der Waals surface area contributed by atoms with E-state index in [2.05, 4.69) is 13.0 Å². The summed E-state index contributed by atoms with van der Waals surface area (Å²) in [5.41, 5.74) is 3.41. The molecule has 3 heteroatoms. The van der Waals surface area contributed by atoms with Gasteiger partial charge in [0.05, 0.1) is 11.4 Å². The number of aryl methyl sites for hydroxylation is 1. The predicted molar refractivity (Wildman–Crippen MR) is 70.2 cm³/mol. The smallest absolute Gasteiger partial charge is 0.153 e. The van der Waals surface area contributed by atoms with Crippen molar-refractivity contribution in [2.75, 3.05) is 4.31 Å². The molecule has 1 atom stereocenters. The molecule has 0 saturated heterocycles. The molecule has 3 rings (SSSR count). The number of para-hydroxylation sites is 1. The molecule has 2 nitrogen and oxygen atoms in total. The topological polar surface area (TPSA) is 20.3 Å². The average molecular weight is 243 g/mol. The minimum absolute atomic E-state index is 0.730. The molecule has 2 aromatic carbocycles. The van der Waals surface area contributed by atoms with Crippen molar-refractivity contribution in [3.63, 3.8) is 0 Å². The van der Waals surface area contributed by atoms with Crippen molar-refractivity contribution >= 4 is 16.7 Å². The van der Waals surface area contributed by atoms with E-state index in [9.17, 15) is 4.21 Å². The van der Waals surface area contributed by atoms with Crippen LogP contribution in [0.4, 0.5) is 5.69 Å². The summed E-state index contributed by atoms with van der Waals surface area (Å²) in [5, 5.41) is 0. The zero-order valence-electron chi connectivity index (χ0n) is 9.59. The molecule has 0 radical (unpaired) electrons. The molecule has 1 aliphatic heterocycles. The largest absolute Gasteiger partial charge is 0.283 e. The van der Waals surface area contributed by atoms with E-state index in [1.165, 1.54) is 11.1 Å². The van der Waals surface area contributed by atoms with Gasteiger partial charge in [0.1, 0.15) is 0 Å². The second-order valence-corrected chi connectivity index (χ2v) is 5.61. The molecule has 0 amide bonds. The molecule has 86 valence electrons. The average Bonchev–Trinajstić information content (AvgIpc) is 2.67. The Kier molecular flexibility index (Phi) is 2.48. The van der Waals surface area contributed by atoms with Crippen molar-refractivity contribution < 1.29 is 4.21 Å². The highest BCUT2D eigenvalue weighted by Gasteiger charge is 2.26. The van der Waals surface area contributed by atoms with Crippen LogP contribution in [0.3, 0.4) is 0 Å². The molecule has 17 heavy (non-hydrogen) atoms. The maximum Gasteiger partial charge on any atom is 0.153 e. The Morgan fingerprint density at radius 2 is 1.88 bits per heavy atom. The lowest BCUT2D eigenvalue weighted by Gasteiger charge is -2.15. The minimum atomic E-state index is -1.06. The van der Waals surface area contributed by atoms with Gasteiger partial charge in [-0.25, -0.2) is 4.21 Å². The van der Waals surface area contributed by atoms with Gasteiger partial charge >= 0.3 is 0 Å². The molecule has 0 bridgehead atoms. The van der Waals surface area contributed by atoms with Crippen molar-refractivity contribution in [2.45, 2.75) is 18.4 Å². The SMILES string of the molecule is Cc1ccc2c(c1)CN(c1ccccc1)S2=O. The van der Waals surface area contributed by atoms with Crippen LogP contribution < -0.4 is 4.31 Å². The highest BCUT2D eigenvalue weighted by molar-refractivity contribution is 7.86. The summed E-state index contributed by atoms with van der Waals surface area (Å²) in [5.74, 6) is 0. The van der Waals surface area contributed by atoms with Gasteiger partial charge < -0.3 is 0 Å². The number of anilines is 1. The molecule has 0 N–H and O–H groups in total. The first-order chi connectivity index (χ1) is 8.25. The van der Waals surface area contributed by atoms with Crippen LogP contribution in [0.2, 0.25) is 0 Å². The van der Waals surface area contributed by atoms with E-state index in [-0.39, 0.29) is 0 Å². The Hall–Kier alpha value is -1.61. The lowest BCUT2D eigenvalue weighted by Crippen LogP contribution is -2.17. The van der Waals surface area contributed by atoms with Gasteiger partial charge in [-0.15, -0.1) is 0 Å². The van der Waals surface area contributed by atoms with Crippen LogP contribution in [-0.2, 0) is 17.5 Å². The van der Waals surface area contributed by atoms with Crippen molar-refractivity contribution in [2.24, 2.45) is 0 Å². The third-order valence-corrected chi connectivity index (χ3v) is 4.48. The lowest BCUT2D eigenvalue weighted by molar-refractivity contribution is 0.683. The summed E-state index contributed by atoms with van der Waals surface area (Å²) in [6.07, 6.45) is 0. The van der Waals surface area contributed by atoms with E-state index < -0.39 is 11.0 Å². The van der Waals surface area contributed by atoms with Crippen molar-refractivity contribution in [1.29, 1.82) is 0 Å². The van der Waals surface area contributed by atoms with Crippen LogP contribution >= 0.6 is 0 Å². The highest BCUT2D eigenvalue weighted by atomic mass is 32.2. The number of nitrogens with zero attached hydrogens (tertiary/aromatic N) is 1. The highest BCUT2D eigenvalue weighted by Crippen LogP contribution is 2.31. The normalized spacial score (nSPS) is 18.2. The lowest BCUT2D eigenvalue weighted by atomic mass is 10.1. The maximum absolute atomic E-state index is 12.3. The fourth-order valence-corrected chi connectivity index (χ4v) is 3.45. The van der Waals surface area contributed by atoms with Gasteiger partial charge in [-0.1, -0.05) is 35.9 Å². The summed E-state index contributed by atoms with van der Waals surface area (Å²) in [6, 6.07) is 16.0. The van der Waals surface area contributed by atoms with Gasteiger partial charge in [-0.05, 0) is 30.7 Å². The Morgan fingerprint density at radius 3 is 2.65 bits per heavy atom. The summed E-state index contributed by atoms with van der Waals surface area (Å²) in [6.45, 7) is 2.79. The van der Waals surface area contributed by atoms with Crippen molar-refractivity contribution in [3.05, 3.63) is 59.7 Å². The number of benzene rings is 2. The number of rotatable bonds is 1. The first-order valence-corrected chi connectivity index (χ1v) is 6.70. The Morgan fingerprint density at radius 1 is 1.12 bits per heavy atom. The molecule has 0 saturated carbocycles. The molecule has 0 fully saturated rings. The number of fused-ring (bicyclic) bond motifs is 1.